The van der Waals surface area contributed by atoms with Crippen LogP contribution in [0.15, 0.2) is 18.2 Å². The molecule has 100 valence electrons. The van der Waals surface area contributed by atoms with Crippen molar-refractivity contribution in [3.63, 3.8) is 0 Å². The topological polar surface area (TPSA) is 17.8 Å². The number of para-hydroxylation sites is 1. The summed E-state index contributed by atoms with van der Waals surface area (Å²) in [6.45, 7) is 1.04. The van der Waals surface area contributed by atoms with Gasteiger partial charge in [0, 0.05) is 6.54 Å². The summed E-state index contributed by atoms with van der Waals surface area (Å²) in [5.41, 5.74) is 2.55. The molecule has 2 fully saturated rings. The van der Waals surface area contributed by atoms with Gasteiger partial charge < -0.3 is 4.57 Å². The Labute approximate surface area is 122 Å². The van der Waals surface area contributed by atoms with Crippen molar-refractivity contribution >= 4 is 34.2 Å². The smallest absolute Gasteiger partial charge is 0.124 e. The highest BCUT2D eigenvalue weighted by atomic mass is 35.5. The highest BCUT2D eigenvalue weighted by molar-refractivity contribution is 6.35. The first kappa shape index (κ1) is 12.0. The molecule has 2 saturated carbocycles. The molecular weight excluding hydrogens is 279 g/mol. The third-order valence-corrected chi connectivity index (χ3v) is 5.27. The van der Waals surface area contributed by atoms with Crippen molar-refractivity contribution < 1.29 is 0 Å². The molecule has 0 aliphatic heterocycles. The van der Waals surface area contributed by atoms with Crippen molar-refractivity contribution in [3.05, 3.63) is 29.0 Å². The van der Waals surface area contributed by atoms with E-state index < -0.39 is 0 Å². The molecule has 2 nitrogen and oxygen atoms in total. The molecule has 4 heteroatoms. The second-order valence-electron chi connectivity index (χ2n) is 5.99. The van der Waals surface area contributed by atoms with E-state index in [0.29, 0.717) is 11.3 Å². The van der Waals surface area contributed by atoms with Crippen LogP contribution in [-0.4, -0.2) is 9.55 Å². The maximum atomic E-state index is 6.37. The van der Waals surface area contributed by atoms with Crippen LogP contribution in [0, 0.1) is 11.3 Å². The lowest BCUT2D eigenvalue weighted by molar-refractivity contribution is 0.371. The first-order chi connectivity index (χ1) is 9.23. The molecule has 0 saturated heterocycles. The Kier molecular flexibility index (Phi) is 2.62. The SMILES string of the molecule is ClCc1nc2cccc(Cl)c2n1CC1(C2CC2)CC1. The second kappa shape index (κ2) is 4.13. The molecule has 2 aliphatic carbocycles. The normalized spacial score (nSPS) is 20.9. The Hall–Kier alpha value is -0.730. The van der Waals surface area contributed by atoms with Crippen LogP contribution in [0.3, 0.4) is 0 Å². The molecule has 0 N–H and O–H groups in total. The Morgan fingerprint density at radius 1 is 1.32 bits per heavy atom. The molecular formula is C15H16Cl2N2. The van der Waals surface area contributed by atoms with Gasteiger partial charge in [0.05, 0.1) is 21.9 Å². The molecule has 19 heavy (non-hydrogen) atoms. The standard InChI is InChI=1S/C15H16Cl2N2/c16-8-13-18-12-3-1-2-11(17)14(12)19(13)9-15(6-7-15)10-4-5-10/h1-3,10H,4-9H2. The van der Waals surface area contributed by atoms with Crippen LogP contribution in [0.4, 0.5) is 0 Å². The second-order valence-corrected chi connectivity index (χ2v) is 6.67. The van der Waals surface area contributed by atoms with Gasteiger partial charge in [-0.15, -0.1) is 11.6 Å². The van der Waals surface area contributed by atoms with Gasteiger partial charge in [0.25, 0.3) is 0 Å². The summed E-state index contributed by atoms with van der Waals surface area (Å²) in [4.78, 5) is 4.63. The number of halogens is 2. The lowest BCUT2D eigenvalue weighted by atomic mass is 10.0. The van der Waals surface area contributed by atoms with Crippen molar-refractivity contribution in [2.75, 3.05) is 0 Å². The minimum Gasteiger partial charge on any atom is -0.325 e. The van der Waals surface area contributed by atoms with E-state index in [0.717, 1.165) is 34.3 Å². The number of nitrogens with zero attached hydrogens (tertiary/aromatic N) is 2. The predicted octanol–water partition coefficient (Wildman–Crippen LogP) is 4.62. The molecule has 0 atom stereocenters. The van der Waals surface area contributed by atoms with Crippen molar-refractivity contribution in [1.82, 2.24) is 9.55 Å². The van der Waals surface area contributed by atoms with Gasteiger partial charge in [-0.3, -0.25) is 0 Å². The van der Waals surface area contributed by atoms with Crippen LogP contribution < -0.4 is 0 Å². The van der Waals surface area contributed by atoms with Gasteiger partial charge in [-0.1, -0.05) is 17.7 Å². The summed E-state index contributed by atoms with van der Waals surface area (Å²) in [6, 6.07) is 5.91. The van der Waals surface area contributed by atoms with Gasteiger partial charge in [0.15, 0.2) is 0 Å². The van der Waals surface area contributed by atoms with E-state index in [1.54, 1.807) is 0 Å². The third-order valence-electron chi connectivity index (χ3n) is 4.72. The molecule has 0 bridgehead atoms. The van der Waals surface area contributed by atoms with Crippen LogP contribution in [0.5, 0.6) is 0 Å². The van der Waals surface area contributed by atoms with Gasteiger partial charge in [-0.25, -0.2) is 4.98 Å². The number of fused-ring (bicyclic) bond motifs is 1. The lowest BCUT2D eigenvalue weighted by Crippen LogP contribution is -2.15. The van der Waals surface area contributed by atoms with E-state index in [9.17, 15) is 0 Å². The fraction of sp³-hybridized carbons (Fsp3) is 0.533. The van der Waals surface area contributed by atoms with Gasteiger partial charge in [0.2, 0.25) is 0 Å². The predicted molar refractivity (Wildman–Crippen MR) is 78.7 cm³/mol. The molecule has 1 heterocycles. The highest BCUT2D eigenvalue weighted by Gasteiger charge is 2.54. The van der Waals surface area contributed by atoms with Crippen molar-refractivity contribution in [1.29, 1.82) is 0 Å². The molecule has 0 amide bonds. The van der Waals surface area contributed by atoms with E-state index >= 15 is 0 Å². The zero-order valence-electron chi connectivity index (χ0n) is 10.7. The number of hydrogen-bond acceptors (Lipinski definition) is 1. The number of imidazole rings is 1. The van der Waals surface area contributed by atoms with Crippen molar-refractivity contribution in [2.24, 2.45) is 11.3 Å². The van der Waals surface area contributed by atoms with Crippen LogP contribution in [0.2, 0.25) is 5.02 Å². The average Bonchev–Trinajstić information content (AvgIpc) is 3.27. The first-order valence-electron chi connectivity index (χ1n) is 6.93. The largest absolute Gasteiger partial charge is 0.325 e. The Balaban J connectivity index is 1.82. The Bertz CT molecular complexity index is 639. The molecule has 2 aromatic rings. The summed E-state index contributed by atoms with van der Waals surface area (Å²) in [5, 5.41) is 0.785. The zero-order valence-corrected chi connectivity index (χ0v) is 12.2. The van der Waals surface area contributed by atoms with Crippen LogP contribution in [0.25, 0.3) is 11.0 Å². The Morgan fingerprint density at radius 2 is 2.11 bits per heavy atom. The molecule has 0 unspecified atom stereocenters. The zero-order chi connectivity index (χ0) is 13.0. The number of benzene rings is 1. The summed E-state index contributed by atoms with van der Waals surface area (Å²) in [7, 11) is 0. The first-order valence-corrected chi connectivity index (χ1v) is 7.84. The fourth-order valence-electron chi connectivity index (χ4n) is 3.33. The minimum absolute atomic E-state index is 0.450. The third kappa shape index (κ3) is 1.88. The van der Waals surface area contributed by atoms with Gasteiger partial charge in [0.1, 0.15) is 5.82 Å². The lowest BCUT2D eigenvalue weighted by Gasteiger charge is -2.17. The molecule has 1 aromatic heterocycles. The van der Waals surface area contributed by atoms with Gasteiger partial charge in [-0.2, -0.15) is 0 Å². The molecule has 4 rings (SSSR count). The van der Waals surface area contributed by atoms with E-state index in [1.807, 2.05) is 18.2 Å². The van der Waals surface area contributed by atoms with Crippen LogP contribution >= 0.6 is 23.2 Å². The quantitative estimate of drug-likeness (QED) is 0.753. The average molecular weight is 295 g/mol. The summed E-state index contributed by atoms with van der Waals surface area (Å²) < 4.78 is 2.27. The molecule has 0 spiro atoms. The number of hydrogen-bond donors (Lipinski definition) is 0. The van der Waals surface area contributed by atoms with E-state index in [2.05, 4.69) is 9.55 Å². The summed E-state index contributed by atoms with van der Waals surface area (Å²) in [5.74, 6) is 2.33. The van der Waals surface area contributed by atoms with E-state index in [4.69, 9.17) is 23.2 Å². The number of alkyl halides is 1. The minimum atomic E-state index is 0.450. The van der Waals surface area contributed by atoms with Gasteiger partial charge in [-0.05, 0) is 49.1 Å². The van der Waals surface area contributed by atoms with Crippen molar-refractivity contribution in [3.8, 4) is 0 Å². The van der Waals surface area contributed by atoms with Crippen LogP contribution in [-0.2, 0) is 12.4 Å². The molecule has 0 radical (unpaired) electrons. The van der Waals surface area contributed by atoms with Gasteiger partial charge >= 0.3 is 0 Å². The van der Waals surface area contributed by atoms with E-state index in [1.165, 1.54) is 25.7 Å². The molecule has 2 aliphatic rings. The summed E-state index contributed by atoms with van der Waals surface area (Å²) >= 11 is 12.4. The maximum Gasteiger partial charge on any atom is 0.124 e. The van der Waals surface area contributed by atoms with Crippen LogP contribution in [0.1, 0.15) is 31.5 Å². The maximum absolute atomic E-state index is 6.37. The molecule has 1 aromatic carbocycles. The monoisotopic (exact) mass is 294 g/mol. The fourth-order valence-corrected chi connectivity index (χ4v) is 3.80. The Morgan fingerprint density at radius 3 is 2.74 bits per heavy atom. The number of aromatic nitrogens is 2. The summed E-state index contributed by atoms with van der Waals surface area (Å²) in [6.07, 6.45) is 5.50. The van der Waals surface area contributed by atoms with Crippen molar-refractivity contribution in [2.45, 2.75) is 38.1 Å². The highest BCUT2D eigenvalue weighted by Crippen LogP contribution is 2.62. The van der Waals surface area contributed by atoms with E-state index in [-0.39, 0.29) is 0 Å². The number of rotatable bonds is 4.